The number of hydrogen-bond donors (Lipinski definition) is 0. The van der Waals surface area contributed by atoms with Crippen LogP contribution in [0.25, 0.3) is 11.4 Å². The molecule has 0 unspecified atom stereocenters. The van der Waals surface area contributed by atoms with Crippen molar-refractivity contribution in [1.82, 2.24) is 14.8 Å². The number of ether oxygens (including phenoxy) is 2. The van der Waals surface area contributed by atoms with Crippen LogP contribution in [0.3, 0.4) is 0 Å². The average Bonchev–Trinajstić information content (AvgIpc) is 3.00. The van der Waals surface area contributed by atoms with E-state index in [1.165, 1.54) is 11.8 Å². The van der Waals surface area contributed by atoms with E-state index in [1.807, 2.05) is 28.8 Å². The normalized spacial score (nSPS) is 13.2. The van der Waals surface area contributed by atoms with Crippen molar-refractivity contribution >= 4 is 17.5 Å². The molecule has 1 aromatic heterocycles. The molecule has 3 aromatic rings. The molecule has 2 heterocycles. The number of rotatable bonds is 6. The Labute approximate surface area is 174 Å². The van der Waals surface area contributed by atoms with Gasteiger partial charge >= 0.3 is 0 Å². The highest BCUT2D eigenvalue weighted by Gasteiger charge is 2.18. The predicted octanol–water partition coefficient (Wildman–Crippen LogP) is 4.41. The Kier molecular flexibility index (Phi) is 5.85. The molecule has 0 amide bonds. The number of thioether (sulfide) groups is 1. The molecule has 7 heteroatoms. The van der Waals surface area contributed by atoms with Gasteiger partial charge in [-0.3, -0.25) is 4.79 Å². The summed E-state index contributed by atoms with van der Waals surface area (Å²) in [6, 6.07) is 13.5. The van der Waals surface area contributed by atoms with Crippen molar-refractivity contribution in [1.29, 1.82) is 0 Å². The van der Waals surface area contributed by atoms with Gasteiger partial charge in [-0.15, -0.1) is 10.2 Å². The van der Waals surface area contributed by atoms with Crippen molar-refractivity contribution < 1.29 is 14.3 Å². The summed E-state index contributed by atoms with van der Waals surface area (Å²) in [5, 5.41) is 9.46. The first-order valence-corrected chi connectivity index (χ1v) is 10.7. The Morgan fingerprint density at radius 2 is 1.90 bits per heavy atom. The number of nitrogens with zero attached hydrogens (tertiary/aromatic N) is 3. The number of carbonyl (C=O) groups excluding carboxylic acids is 1. The smallest absolute Gasteiger partial charge is 0.191 e. The van der Waals surface area contributed by atoms with Crippen LogP contribution >= 0.6 is 11.8 Å². The van der Waals surface area contributed by atoms with Crippen LogP contribution in [-0.4, -0.2) is 39.5 Å². The number of carbonyl (C=O) groups is 1. The summed E-state index contributed by atoms with van der Waals surface area (Å²) in [6.07, 6.45) is 0.837. The standard InChI is InChI=1S/C22H23N3O3S/c1-3-25-21(17-8-5-4-7-15(17)2)23-24-22(25)29-14-18(26)16-9-10-19-20(13-16)28-12-6-11-27-19/h4-5,7-10,13H,3,6,11-12,14H2,1-2H3. The van der Waals surface area contributed by atoms with Crippen LogP contribution in [0.5, 0.6) is 11.5 Å². The minimum absolute atomic E-state index is 0.0220. The average molecular weight is 410 g/mol. The molecule has 2 aromatic carbocycles. The summed E-state index contributed by atoms with van der Waals surface area (Å²) in [5.74, 6) is 2.47. The van der Waals surface area contributed by atoms with E-state index in [4.69, 9.17) is 9.47 Å². The topological polar surface area (TPSA) is 66.2 Å². The molecule has 6 nitrogen and oxygen atoms in total. The fraction of sp³-hybridized carbons (Fsp3) is 0.318. The number of Topliss-reactive ketones (excluding diaryl/α,β-unsaturated/α-hetero) is 1. The Morgan fingerprint density at radius 3 is 2.69 bits per heavy atom. The maximum Gasteiger partial charge on any atom is 0.191 e. The summed E-state index contributed by atoms with van der Waals surface area (Å²) < 4.78 is 13.4. The molecule has 0 N–H and O–H groups in total. The van der Waals surface area contributed by atoms with E-state index >= 15 is 0 Å². The number of benzene rings is 2. The molecule has 1 aliphatic rings. The first-order chi connectivity index (χ1) is 14.2. The van der Waals surface area contributed by atoms with Gasteiger partial charge in [-0.1, -0.05) is 36.0 Å². The van der Waals surface area contributed by atoms with E-state index in [-0.39, 0.29) is 11.5 Å². The van der Waals surface area contributed by atoms with Crippen molar-refractivity contribution in [3.8, 4) is 22.9 Å². The lowest BCUT2D eigenvalue weighted by atomic mass is 10.1. The third-order valence-electron chi connectivity index (χ3n) is 4.82. The lowest BCUT2D eigenvalue weighted by Crippen LogP contribution is -2.06. The van der Waals surface area contributed by atoms with E-state index < -0.39 is 0 Å². The van der Waals surface area contributed by atoms with Gasteiger partial charge in [0.25, 0.3) is 0 Å². The fourth-order valence-corrected chi connectivity index (χ4v) is 4.15. The van der Waals surface area contributed by atoms with Crippen LogP contribution in [-0.2, 0) is 6.54 Å². The molecule has 0 spiro atoms. The van der Waals surface area contributed by atoms with Gasteiger partial charge in [-0.2, -0.15) is 0 Å². The van der Waals surface area contributed by atoms with Gasteiger partial charge in [-0.05, 0) is 37.6 Å². The number of aromatic nitrogens is 3. The monoisotopic (exact) mass is 409 g/mol. The van der Waals surface area contributed by atoms with Crippen LogP contribution in [0.15, 0.2) is 47.6 Å². The molecule has 0 bridgehead atoms. The Hall–Kier alpha value is -2.80. The maximum absolute atomic E-state index is 12.7. The highest BCUT2D eigenvalue weighted by Crippen LogP contribution is 2.31. The maximum atomic E-state index is 12.7. The minimum atomic E-state index is 0.0220. The summed E-state index contributed by atoms with van der Waals surface area (Å²) >= 11 is 1.41. The van der Waals surface area contributed by atoms with Gasteiger partial charge in [0.2, 0.25) is 0 Å². The zero-order valence-corrected chi connectivity index (χ0v) is 17.4. The quantitative estimate of drug-likeness (QED) is 0.444. The van der Waals surface area contributed by atoms with Crippen molar-refractivity contribution in [2.24, 2.45) is 0 Å². The van der Waals surface area contributed by atoms with Crippen LogP contribution < -0.4 is 9.47 Å². The summed E-state index contributed by atoms with van der Waals surface area (Å²) in [7, 11) is 0. The molecular formula is C22H23N3O3S. The fourth-order valence-electron chi connectivity index (χ4n) is 3.25. The SMILES string of the molecule is CCn1c(SCC(=O)c2ccc3c(c2)OCCCO3)nnc1-c1ccccc1C. The van der Waals surface area contributed by atoms with Crippen molar-refractivity contribution in [3.63, 3.8) is 0 Å². The van der Waals surface area contributed by atoms with Gasteiger partial charge in [-0.25, -0.2) is 0 Å². The number of aryl methyl sites for hydroxylation is 1. The second-order valence-electron chi connectivity index (χ2n) is 6.79. The van der Waals surface area contributed by atoms with Crippen LogP contribution in [0.1, 0.15) is 29.3 Å². The molecule has 4 rings (SSSR count). The minimum Gasteiger partial charge on any atom is -0.490 e. The van der Waals surface area contributed by atoms with Gasteiger partial charge in [0, 0.05) is 24.1 Å². The molecule has 0 radical (unpaired) electrons. The summed E-state index contributed by atoms with van der Waals surface area (Å²) in [5.41, 5.74) is 2.82. The predicted molar refractivity (Wildman–Crippen MR) is 113 cm³/mol. The molecule has 0 aliphatic carbocycles. The van der Waals surface area contributed by atoms with Gasteiger partial charge in [0.05, 0.1) is 19.0 Å². The van der Waals surface area contributed by atoms with Crippen molar-refractivity contribution in [2.75, 3.05) is 19.0 Å². The van der Waals surface area contributed by atoms with Crippen LogP contribution in [0, 0.1) is 6.92 Å². The van der Waals surface area contributed by atoms with E-state index in [1.54, 1.807) is 12.1 Å². The van der Waals surface area contributed by atoms with Crippen molar-refractivity contribution in [3.05, 3.63) is 53.6 Å². The molecule has 0 atom stereocenters. The van der Waals surface area contributed by atoms with E-state index in [0.717, 1.165) is 35.1 Å². The first kappa shape index (κ1) is 19.5. The summed E-state index contributed by atoms with van der Waals surface area (Å²) in [6.45, 7) is 6.08. The highest BCUT2D eigenvalue weighted by molar-refractivity contribution is 7.99. The lowest BCUT2D eigenvalue weighted by Gasteiger charge is -2.10. The van der Waals surface area contributed by atoms with Crippen LogP contribution in [0.2, 0.25) is 0 Å². The van der Waals surface area contributed by atoms with Gasteiger partial charge in [0.15, 0.2) is 28.3 Å². The van der Waals surface area contributed by atoms with Gasteiger partial charge < -0.3 is 14.0 Å². The first-order valence-electron chi connectivity index (χ1n) is 9.72. The molecule has 0 saturated heterocycles. The van der Waals surface area contributed by atoms with E-state index in [0.29, 0.717) is 30.3 Å². The van der Waals surface area contributed by atoms with Crippen LogP contribution in [0.4, 0.5) is 0 Å². The van der Waals surface area contributed by atoms with Crippen molar-refractivity contribution in [2.45, 2.75) is 32.0 Å². The summed E-state index contributed by atoms with van der Waals surface area (Å²) in [4.78, 5) is 12.7. The second-order valence-corrected chi connectivity index (χ2v) is 7.73. The molecule has 0 saturated carbocycles. The largest absolute Gasteiger partial charge is 0.490 e. The molecule has 0 fully saturated rings. The Balaban J connectivity index is 1.50. The highest BCUT2D eigenvalue weighted by atomic mass is 32.2. The van der Waals surface area contributed by atoms with E-state index in [2.05, 4.69) is 30.1 Å². The molecule has 150 valence electrons. The molecular weight excluding hydrogens is 386 g/mol. The zero-order valence-electron chi connectivity index (χ0n) is 16.6. The van der Waals surface area contributed by atoms with Gasteiger partial charge in [0.1, 0.15) is 0 Å². The lowest BCUT2D eigenvalue weighted by molar-refractivity contribution is 0.102. The Morgan fingerprint density at radius 1 is 1.10 bits per heavy atom. The number of hydrogen-bond acceptors (Lipinski definition) is 6. The molecule has 29 heavy (non-hydrogen) atoms. The third-order valence-corrected chi connectivity index (χ3v) is 5.79. The number of ketones is 1. The Bertz CT molecular complexity index is 1030. The molecule has 1 aliphatic heterocycles. The number of fused-ring (bicyclic) bond motifs is 1. The third kappa shape index (κ3) is 4.15. The zero-order chi connectivity index (χ0) is 20.2. The van der Waals surface area contributed by atoms with E-state index in [9.17, 15) is 4.79 Å². The second kappa shape index (κ2) is 8.69.